The van der Waals surface area contributed by atoms with Crippen molar-refractivity contribution in [2.45, 2.75) is 26.6 Å². The molecule has 3 aromatic rings. The summed E-state index contributed by atoms with van der Waals surface area (Å²) in [4.78, 5) is 15.2. The molecule has 40 heavy (non-hydrogen) atoms. The van der Waals surface area contributed by atoms with Crippen molar-refractivity contribution >= 4 is 34.6 Å². The number of anilines is 2. The number of hydrazine groups is 2. The number of benzene rings is 2. The molecule has 3 heterocycles. The molecule has 0 bridgehead atoms. The van der Waals surface area contributed by atoms with Crippen LogP contribution in [-0.4, -0.2) is 46.9 Å². The van der Waals surface area contributed by atoms with Gasteiger partial charge in [0.15, 0.2) is 0 Å². The fourth-order valence-electron chi connectivity index (χ4n) is 4.64. The maximum atomic E-state index is 13.8. The average Bonchev–Trinajstić information content (AvgIpc) is 3.52. The van der Waals surface area contributed by atoms with Gasteiger partial charge in [-0.15, -0.1) is 5.53 Å². The van der Waals surface area contributed by atoms with Crippen molar-refractivity contribution in [2.75, 3.05) is 36.6 Å². The third-order valence-electron chi connectivity index (χ3n) is 7.03. The lowest BCUT2D eigenvalue weighted by atomic mass is 10.1. The number of aromatic nitrogens is 2. The number of amides is 1. The second-order valence-corrected chi connectivity index (χ2v) is 10.1. The monoisotopic (exact) mass is 575 g/mol. The zero-order valence-electron chi connectivity index (χ0n) is 22.2. The first-order chi connectivity index (χ1) is 19.0. The molecule has 0 aliphatic carbocycles. The Labute approximate surface area is 234 Å². The van der Waals surface area contributed by atoms with Crippen molar-refractivity contribution in [3.8, 4) is 0 Å². The molecule has 1 saturated heterocycles. The Balaban J connectivity index is 1.40. The minimum atomic E-state index is -4.68. The van der Waals surface area contributed by atoms with Crippen LogP contribution in [0.5, 0.6) is 0 Å². The number of alkyl halides is 3. The van der Waals surface area contributed by atoms with E-state index in [-0.39, 0.29) is 28.4 Å². The summed E-state index contributed by atoms with van der Waals surface area (Å²) >= 11 is 6.20. The quantitative estimate of drug-likeness (QED) is 0.395. The van der Waals surface area contributed by atoms with Crippen LogP contribution < -0.4 is 21.3 Å². The highest BCUT2D eigenvalue weighted by molar-refractivity contribution is 6.32. The number of halogens is 4. The summed E-state index contributed by atoms with van der Waals surface area (Å²) in [6.07, 6.45) is -1.08. The summed E-state index contributed by atoms with van der Waals surface area (Å²) < 4.78 is 48.6. The van der Waals surface area contributed by atoms with E-state index < -0.39 is 17.6 Å². The van der Waals surface area contributed by atoms with Gasteiger partial charge >= 0.3 is 6.18 Å². The zero-order chi connectivity index (χ0) is 28.6. The molecule has 0 atom stereocenters. The Bertz CT molecular complexity index is 1470. The molecule has 0 unspecified atom stereocenters. The highest BCUT2D eigenvalue weighted by atomic mass is 35.5. The normalized spacial score (nSPS) is 16.2. The van der Waals surface area contributed by atoms with Crippen LogP contribution in [0.15, 0.2) is 42.7 Å². The Kier molecular flexibility index (Phi) is 7.78. The molecule has 5 rings (SSSR count). The topological polar surface area (TPSA) is 86.7 Å². The SMILES string of the molecule is Cc1ccc(C(=O)Nc2cc(CN3CCOCC3)c(Cl)c(C(F)(F)F)c2)cc1N1C=C(c2cnn(C)c2C)NN1. The maximum Gasteiger partial charge on any atom is 0.417 e. The van der Waals surface area contributed by atoms with Gasteiger partial charge in [-0.1, -0.05) is 17.7 Å². The molecule has 212 valence electrons. The fourth-order valence-corrected chi connectivity index (χ4v) is 4.91. The molecule has 9 nitrogen and oxygen atoms in total. The predicted octanol–water partition coefficient (Wildman–Crippen LogP) is 4.62. The van der Waals surface area contributed by atoms with E-state index in [0.717, 1.165) is 28.6 Å². The zero-order valence-corrected chi connectivity index (χ0v) is 23.0. The molecule has 3 N–H and O–H groups in total. The van der Waals surface area contributed by atoms with Crippen LogP contribution >= 0.6 is 11.6 Å². The molecule has 13 heteroatoms. The van der Waals surface area contributed by atoms with Crippen LogP contribution in [-0.2, 0) is 24.5 Å². The minimum absolute atomic E-state index is 0.0160. The molecule has 1 aromatic heterocycles. The first-order valence-electron chi connectivity index (χ1n) is 12.6. The number of carbonyl (C=O) groups is 1. The van der Waals surface area contributed by atoms with Gasteiger partial charge in [-0.05, 0) is 49.2 Å². The molecule has 0 saturated carbocycles. The predicted molar refractivity (Wildman–Crippen MR) is 146 cm³/mol. The van der Waals surface area contributed by atoms with E-state index in [1.807, 2.05) is 32.0 Å². The molecule has 1 fully saturated rings. The summed E-state index contributed by atoms with van der Waals surface area (Å²) in [6.45, 7) is 6.21. The summed E-state index contributed by atoms with van der Waals surface area (Å²) in [5, 5.41) is 8.27. The second kappa shape index (κ2) is 11.1. The second-order valence-electron chi connectivity index (χ2n) is 9.76. The number of hydrogen-bond donors (Lipinski definition) is 3. The number of nitrogens with zero attached hydrogens (tertiary/aromatic N) is 4. The first kappa shape index (κ1) is 28.0. The molecule has 2 aliphatic rings. The summed E-state index contributed by atoms with van der Waals surface area (Å²) in [5.41, 5.74) is 10.0. The lowest BCUT2D eigenvalue weighted by Crippen LogP contribution is -2.36. The van der Waals surface area contributed by atoms with Crippen LogP contribution in [0.2, 0.25) is 5.02 Å². The Morgan fingerprint density at radius 3 is 2.60 bits per heavy atom. The summed E-state index contributed by atoms with van der Waals surface area (Å²) in [6, 6.07) is 7.44. The van der Waals surface area contributed by atoms with Gasteiger partial charge in [-0.2, -0.15) is 18.3 Å². The molecule has 0 radical (unpaired) electrons. The third kappa shape index (κ3) is 5.80. The number of ether oxygens (including phenoxy) is 1. The van der Waals surface area contributed by atoms with E-state index in [1.165, 1.54) is 6.07 Å². The number of hydrogen-bond acceptors (Lipinski definition) is 7. The van der Waals surface area contributed by atoms with Gasteiger partial charge in [0.05, 0.1) is 41.4 Å². The highest BCUT2D eigenvalue weighted by Gasteiger charge is 2.35. The van der Waals surface area contributed by atoms with Crippen molar-refractivity contribution < 1.29 is 22.7 Å². The molecular weight excluding hydrogens is 547 g/mol. The van der Waals surface area contributed by atoms with Crippen molar-refractivity contribution in [3.63, 3.8) is 0 Å². The van der Waals surface area contributed by atoms with E-state index in [9.17, 15) is 18.0 Å². The maximum absolute atomic E-state index is 13.8. The summed E-state index contributed by atoms with van der Waals surface area (Å²) in [5.74, 6) is -0.548. The number of nitrogens with one attached hydrogen (secondary N) is 3. The number of aryl methyl sites for hydroxylation is 2. The van der Waals surface area contributed by atoms with Gasteiger partial charge in [0.2, 0.25) is 0 Å². The summed E-state index contributed by atoms with van der Waals surface area (Å²) in [7, 11) is 1.86. The largest absolute Gasteiger partial charge is 0.417 e. The number of morpholine rings is 1. The standard InChI is InChI=1S/C27H29ClF3N7O2/c1-16-4-5-18(11-24(16)38-15-23(34-35-38)21-13-32-36(3)17(21)2)26(39)33-20-10-19(14-37-6-8-40-9-7-37)25(28)22(12-20)27(29,30)31/h4-5,10-13,15,34-35H,6-9,14H2,1-3H3,(H,33,39). The van der Waals surface area contributed by atoms with E-state index in [0.29, 0.717) is 32.0 Å². The number of carbonyl (C=O) groups excluding carboxylic acids is 1. The first-order valence-corrected chi connectivity index (χ1v) is 13.0. The Morgan fingerprint density at radius 2 is 1.93 bits per heavy atom. The highest BCUT2D eigenvalue weighted by Crippen LogP contribution is 2.39. The van der Waals surface area contributed by atoms with Crippen LogP contribution in [0.4, 0.5) is 24.5 Å². The lowest BCUT2D eigenvalue weighted by molar-refractivity contribution is -0.137. The third-order valence-corrected chi connectivity index (χ3v) is 7.48. The van der Waals surface area contributed by atoms with Gasteiger partial charge < -0.3 is 15.5 Å². The van der Waals surface area contributed by atoms with Crippen LogP contribution in [0.25, 0.3) is 5.70 Å². The van der Waals surface area contributed by atoms with Crippen molar-refractivity contribution in [1.29, 1.82) is 0 Å². The smallest absolute Gasteiger partial charge is 0.379 e. The van der Waals surface area contributed by atoms with Gasteiger partial charge in [-0.25, -0.2) is 0 Å². The van der Waals surface area contributed by atoms with Gasteiger partial charge in [0, 0.05) is 55.4 Å². The molecular formula is C27H29ClF3N7O2. The van der Waals surface area contributed by atoms with Crippen LogP contribution in [0, 0.1) is 13.8 Å². The van der Waals surface area contributed by atoms with Gasteiger partial charge in [-0.3, -0.25) is 19.4 Å². The average molecular weight is 576 g/mol. The van der Waals surface area contributed by atoms with Crippen molar-refractivity contribution in [1.82, 2.24) is 25.6 Å². The molecule has 2 aromatic carbocycles. The molecule has 0 spiro atoms. The Morgan fingerprint density at radius 1 is 1.18 bits per heavy atom. The van der Waals surface area contributed by atoms with E-state index in [4.69, 9.17) is 16.3 Å². The minimum Gasteiger partial charge on any atom is -0.379 e. The van der Waals surface area contributed by atoms with Crippen molar-refractivity contribution in [2.24, 2.45) is 7.05 Å². The van der Waals surface area contributed by atoms with Crippen LogP contribution in [0.1, 0.15) is 38.3 Å². The van der Waals surface area contributed by atoms with E-state index >= 15 is 0 Å². The molecule has 2 aliphatic heterocycles. The van der Waals surface area contributed by atoms with E-state index in [1.54, 1.807) is 34.1 Å². The number of rotatable bonds is 6. The van der Waals surface area contributed by atoms with Gasteiger partial charge in [0.25, 0.3) is 5.91 Å². The van der Waals surface area contributed by atoms with Crippen molar-refractivity contribution in [3.05, 3.63) is 81.3 Å². The molecule has 1 amide bonds. The fraction of sp³-hybridized carbons (Fsp3) is 0.333. The van der Waals surface area contributed by atoms with Gasteiger partial charge in [0.1, 0.15) is 0 Å². The Hall–Kier alpha value is -3.58. The van der Waals surface area contributed by atoms with Crippen LogP contribution in [0.3, 0.4) is 0 Å². The van der Waals surface area contributed by atoms with E-state index in [2.05, 4.69) is 21.4 Å². The lowest BCUT2D eigenvalue weighted by Gasteiger charge is -2.27.